The van der Waals surface area contributed by atoms with Crippen LogP contribution in [0.25, 0.3) is 0 Å². The summed E-state index contributed by atoms with van der Waals surface area (Å²) < 4.78 is 5.61. The quantitative estimate of drug-likeness (QED) is 0.937. The number of para-hydroxylation sites is 1. The first-order valence-electron chi connectivity index (χ1n) is 6.89. The van der Waals surface area contributed by atoms with Crippen LogP contribution >= 0.6 is 11.3 Å². The van der Waals surface area contributed by atoms with Crippen LogP contribution in [0.4, 0.5) is 0 Å². The van der Waals surface area contributed by atoms with Gasteiger partial charge in [0.2, 0.25) is 0 Å². The van der Waals surface area contributed by atoms with E-state index in [9.17, 15) is 4.79 Å². The lowest BCUT2D eigenvalue weighted by Crippen LogP contribution is -2.31. The fraction of sp³-hybridized carbons (Fsp3) is 0.312. The highest BCUT2D eigenvalue weighted by atomic mass is 32.1. The molecule has 0 spiro atoms. The summed E-state index contributed by atoms with van der Waals surface area (Å²) in [6.45, 7) is 2.74. The standard InChI is InChI=1S/C16H17NO2S/c1-2-11-7-8-15(20-11)16(18)17-13-9-10-19-14-6-4-3-5-12(13)14/h3-8,13H,2,9-10H2,1H3,(H,17,18). The molecule has 0 bridgehead atoms. The lowest BCUT2D eigenvalue weighted by atomic mass is 10.0. The zero-order chi connectivity index (χ0) is 13.9. The summed E-state index contributed by atoms with van der Waals surface area (Å²) >= 11 is 1.57. The second kappa shape index (κ2) is 5.67. The van der Waals surface area contributed by atoms with Crippen LogP contribution in [0, 0.1) is 0 Å². The summed E-state index contributed by atoms with van der Waals surface area (Å²) in [4.78, 5) is 14.3. The number of nitrogens with one attached hydrogen (secondary N) is 1. The van der Waals surface area contributed by atoms with E-state index in [0.29, 0.717) is 6.61 Å². The second-order valence-electron chi connectivity index (χ2n) is 4.82. The number of hydrogen-bond acceptors (Lipinski definition) is 3. The summed E-state index contributed by atoms with van der Waals surface area (Å²) in [6.07, 6.45) is 1.78. The van der Waals surface area contributed by atoms with Crippen molar-refractivity contribution in [1.29, 1.82) is 0 Å². The highest BCUT2D eigenvalue weighted by molar-refractivity contribution is 7.14. The molecule has 1 amide bonds. The molecule has 1 N–H and O–H groups in total. The predicted octanol–water partition coefficient (Wildman–Crippen LogP) is 3.56. The molecule has 3 nitrogen and oxygen atoms in total. The summed E-state index contributed by atoms with van der Waals surface area (Å²) in [5.41, 5.74) is 1.07. The van der Waals surface area contributed by atoms with Crippen LogP contribution in [0.3, 0.4) is 0 Å². The molecule has 1 atom stereocenters. The Bertz CT molecular complexity index is 620. The van der Waals surface area contributed by atoms with Crippen molar-refractivity contribution < 1.29 is 9.53 Å². The van der Waals surface area contributed by atoms with Gasteiger partial charge in [-0.15, -0.1) is 11.3 Å². The topological polar surface area (TPSA) is 38.3 Å². The van der Waals surface area contributed by atoms with Gasteiger partial charge in [0.05, 0.1) is 17.5 Å². The molecule has 4 heteroatoms. The lowest BCUT2D eigenvalue weighted by Gasteiger charge is -2.26. The Morgan fingerprint density at radius 1 is 1.35 bits per heavy atom. The van der Waals surface area contributed by atoms with Crippen LogP contribution in [0.5, 0.6) is 5.75 Å². The Kier molecular flexibility index (Phi) is 3.74. The van der Waals surface area contributed by atoms with Gasteiger partial charge in [-0.05, 0) is 24.6 Å². The molecule has 1 unspecified atom stereocenters. The van der Waals surface area contributed by atoms with Crippen LogP contribution in [0.1, 0.15) is 39.5 Å². The molecule has 0 fully saturated rings. The molecule has 0 aliphatic carbocycles. The van der Waals surface area contributed by atoms with Gasteiger partial charge in [0, 0.05) is 16.9 Å². The van der Waals surface area contributed by atoms with Crippen molar-refractivity contribution >= 4 is 17.2 Å². The van der Waals surface area contributed by atoms with Crippen molar-refractivity contribution in [3.8, 4) is 5.75 Å². The maximum absolute atomic E-state index is 12.3. The number of hydrogen-bond donors (Lipinski definition) is 1. The van der Waals surface area contributed by atoms with Crippen LogP contribution < -0.4 is 10.1 Å². The van der Waals surface area contributed by atoms with E-state index in [-0.39, 0.29) is 11.9 Å². The minimum Gasteiger partial charge on any atom is -0.493 e. The first-order valence-corrected chi connectivity index (χ1v) is 7.71. The Balaban J connectivity index is 1.77. The van der Waals surface area contributed by atoms with Crippen molar-refractivity contribution in [3.63, 3.8) is 0 Å². The van der Waals surface area contributed by atoms with E-state index in [2.05, 4.69) is 12.2 Å². The molecule has 104 valence electrons. The maximum atomic E-state index is 12.3. The number of aryl methyl sites for hydroxylation is 1. The largest absolute Gasteiger partial charge is 0.493 e. The van der Waals surface area contributed by atoms with Gasteiger partial charge in [0.1, 0.15) is 5.75 Å². The molecular weight excluding hydrogens is 270 g/mol. The number of benzene rings is 1. The van der Waals surface area contributed by atoms with Crippen molar-refractivity contribution in [2.45, 2.75) is 25.8 Å². The van der Waals surface area contributed by atoms with E-state index >= 15 is 0 Å². The molecule has 1 aromatic heterocycles. The highest BCUT2D eigenvalue weighted by Gasteiger charge is 2.23. The van der Waals surface area contributed by atoms with Crippen LogP contribution in [0.2, 0.25) is 0 Å². The molecule has 0 saturated heterocycles. The molecule has 1 aliphatic rings. The van der Waals surface area contributed by atoms with E-state index in [1.54, 1.807) is 11.3 Å². The van der Waals surface area contributed by atoms with Crippen molar-refractivity contribution in [2.24, 2.45) is 0 Å². The Labute approximate surface area is 122 Å². The van der Waals surface area contributed by atoms with Gasteiger partial charge in [0.15, 0.2) is 0 Å². The van der Waals surface area contributed by atoms with Gasteiger partial charge >= 0.3 is 0 Å². The fourth-order valence-corrected chi connectivity index (χ4v) is 3.26. The zero-order valence-electron chi connectivity index (χ0n) is 11.4. The minimum absolute atomic E-state index is 0.0106. The van der Waals surface area contributed by atoms with Crippen LogP contribution in [0.15, 0.2) is 36.4 Å². The number of carbonyl (C=O) groups excluding carboxylic acids is 1. The predicted molar refractivity (Wildman–Crippen MR) is 80.5 cm³/mol. The average Bonchev–Trinajstić information content (AvgIpc) is 2.97. The monoisotopic (exact) mass is 287 g/mol. The van der Waals surface area contributed by atoms with Crippen molar-refractivity contribution in [2.75, 3.05) is 6.61 Å². The molecule has 20 heavy (non-hydrogen) atoms. The van der Waals surface area contributed by atoms with Gasteiger partial charge in [-0.25, -0.2) is 0 Å². The first-order chi connectivity index (χ1) is 9.78. The van der Waals surface area contributed by atoms with Gasteiger partial charge in [0.25, 0.3) is 5.91 Å². The van der Waals surface area contributed by atoms with E-state index in [1.165, 1.54) is 4.88 Å². The third kappa shape index (κ3) is 2.56. The molecule has 0 radical (unpaired) electrons. The van der Waals surface area contributed by atoms with Gasteiger partial charge in [-0.1, -0.05) is 25.1 Å². The number of fused-ring (bicyclic) bond motifs is 1. The molecule has 0 saturated carbocycles. The van der Waals surface area contributed by atoms with Crippen LogP contribution in [-0.4, -0.2) is 12.5 Å². The SMILES string of the molecule is CCc1ccc(C(=O)NC2CCOc3ccccc32)s1. The first kappa shape index (κ1) is 13.2. The summed E-state index contributed by atoms with van der Waals surface area (Å²) in [5.74, 6) is 0.890. The normalized spacial score (nSPS) is 17.1. The fourth-order valence-electron chi connectivity index (χ4n) is 2.41. The van der Waals surface area contributed by atoms with Gasteiger partial charge in [-0.3, -0.25) is 4.79 Å². The molecule has 1 aliphatic heterocycles. The zero-order valence-corrected chi connectivity index (χ0v) is 12.2. The highest BCUT2D eigenvalue weighted by Crippen LogP contribution is 2.32. The van der Waals surface area contributed by atoms with Gasteiger partial charge in [-0.2, -0.15) is 0 Å². The molecule has 1 aromatic carbocycles. The molecule has 2 heterocycles. The Hall–Kier alpha value is -1.81. The van der Waals surface area contributed by atoms with E-state index in [1.807, 2.05) is 36.4 Å². The molecule has 3 rings (SSSR count). The Morgan fingerprint density at radius 2 is 2.20 bits per heavy atom. The van der Waals surface area contributed by atoms with Crippen molar-refractivity contribution in [3.05, 3.63) is 51.7 Å². The van der Waals surface area contributed by atoms with E-state index in [0.717, 1.165) is 29.0 Å². The Morgan fingerprint density at radius 3 is 3.00 bits per heavy atom. The van der Waals surface area contributed by atoms with Gasteiger partial charge < -0.3 is 10.1 Å². The van der Waals surface area contributed by atoms with E-state index in [4.69, 9.17) is 4.74 Å². The summed E-state index contributed by atoms with van der Waals surface area (Å²) in [7, 11) is 0. The number of thiophene rings is 1. The molecule has 2 aromatic rings. The van der Waals surface area contributed by atoms with E-state index < -0.39 is 0 Å². The minimum atomic E-state index is 0.0106. The number of rotatable bonds is 3. The third-order valence-corrected chi connectivity index (χ3v) is 4.73. The number of amides is 1. The number of ether oxygens (including phenoxy) is 1. The molecular formula is C16H17NO2S. The smallest absolute Gasteiger partial charge is 0.261 e. The lowest BCUT2D eigenvalue weighted by molar-refractivity contribution is 0.0929. The third-order valence-electron chi connectivity index (χ3n) is 3.50. The van der Waals surface area contributed by atoms with Crippen LogP contribution in [-0.2, 0) is 6.42 Å². The summed E-state index contributed by atoms with van der Waals surface area (Å²) in [6, 6.07) is 11.9. The average molecular weight is 287 g/mol. The second-order valence-corrected chi connectivity index (χ2v) is 5.99. The number of carbonyl (C=O) groups is 1. The van der Waals surface area contributed by atoms with Crippen molar-refractivity contribution in [1.82, 2.24) is 5.32 Å². The summed E-state index contributed by atoms with van der Waals surface area (Å²) in [5, 5.41) is 3.12. The maximum Gasteiger partial charge on any atom is 0.261 e.